The average molecular weight is 271 g/mol. The lowest BCUT2D eigenvalue weighted by molar-refractivity contribution is 0.431. The summed E-state index contributed by atoms with van der Waals surface area (Å²) in [6.07, 6.45) is 3.30. The molecule has 2 heterocycles. The first-order valence-electron chi connectivity index (χ1n) is 5.81. The van der Waals surface area contributed by atoms with Crippen LogP contribution in [-0.4, -0.2) is 20.1 Å². The van der Waals surface area contributed by atoms with Crippen molar-refractivity contribution >= 4 is 5.69 Å². The van der Waals surface area contributed by atoms with Crippen LogP contribution in [-0.2, 0) is 0 Å². The normalized spacial score (nSPS) is 10.7. The molecule has 0 aliphatic heterocycles. The second-order valence-electron chi connectivity index (χ2n) is 4.24. The second kappa shape index (κ2) is 4.69. The molecule has 7 heteroatoms. The number of hydrogen-bond acceptors (Lipinski definition) is 6. The third kappa shape index (κ3) is 2.20. The highest BCUT2D eigenvalue weighted by atomic mass is 19.1. The summed E-state index contributed by atoms with van der Waals surface area (Å²) >= 11 is 0. The molecule has 3 rings (SSSR count). The molecular weight excluding hydrogens is 261 g/mol. The number of nitrogens with zero attached hydrogens (tertiary/aromatic N) is 4. The van der Waals surface area contributed by atoms with Crippen molar-refractivity contribution in [1.82, 2.24) is 20.1 Å². The van der Waals surface area contributed by atoms with Gasteiger partial charge in [0.2, 0.25) is 11.6 Å². The van der Waals surface area contributed by atoms with Gasteiger partial charge >= 0.3 is 0 Å². The molecule has 3 aromatic rings. The van der Waals surface area contributed by atoms with E-state index in [-0.39, 0.29) is 11.7 Å². The minimum Gasteiger partial charge on any atom is -0.398 e. The summed E-state index contributed by atoms with van der Waals surface area (Å²) in [6.45, 7) is 1.87. The van der Waals surface area contributed by atoms with E-state index in [1.807, 2.05) is 6.92 Å². The zero-order chi connectivity index (χ0) is 14.1. The van der Waals surface area contributed by atoms with Gasteiger partial charge in [-0.1, -0.05) is 5.16 Å². The van der Waals surface area contributed by atoms with Gasteiger partial charge in [-0.15, -0.1) is 0 Å². The molecule has 0 saturated heterocycles. The minimum absolute atomic E-state index is 0.126. The topological polar surface area (TPSA) is 90.7 Å². The molecule has 1 aromatic carbocycles. The lowest BCUT2D eigenvalue weighted by Gasteiger charge is -1.99. The summed E-state index contributed by atoms with van der Waals surface area (Å²) in [7, 11) is 0. The van der Waals surface area contributed by atoms with Crippen LogP contribution >= 0.6 is 0 Å². The Morgan fingerprint density at radius 3 is 2.65 bits per heavy atom. The monoisotopic (exact) mass is 271 g/mol. The third-order valence-electron chi connectivity index (χ3n) is 2.65. The molecule has 0 aliphatic rings. The van der Waals surface area contributed by atoms with Gasteiger partial charge in [-0.2, -0.15) is 4.98 Å². The van der Waals surface area contributed by atoms with Crippen LogP contribution in [0, 0.1) is 12.7 Å². The number of aryl methyl sites for hydroxylation is 1. The van der Waals surface area contributed by atoms with Gasteiger partial charge in [0, 0.05) is 18.1 Å². The number of benzene rings is 1. The Balaban J connectivity index is 2.01. The molecule has 0 saturated carbocycles. The summed E-state index contributed by atoms with van der Waals surface area (Å²) in [4.78, 5) is 12.3. The lowest BCUT2D eigenvalue weighted by Crippen LogP contribution is -1.92. The van der Waals surface area contributed by atoms with E-state index in [2.05, 4.69) is 20.1 Å². The Morgan fingerprint density at radius 2 is 1.90 bits per heavy atom. The lowest BCUT2D eigenvalue weighted by atomic mass is 10.2. The quantitative estimate of drug-likeness (QED) is 0.719. The number of anilines is 1. The fourth-order valence-electron chi connectivity index (χ4n) is 1.65. The molecular formula is C13H10FN5O. The molecule has 0 spiro atoms. The van der Waals surface area contributed by atoms with Gasteiger partial charge in [-0.05, 0) is 30.7 Å². The first kappa shape index (κ1) is 12.2. The smallest absolute Gasteiger partial charge is 0.260 e. The molecule has 100 valence electrons. The van der Waals surface area contributed by atoms with Gasteiger partial charge in [-0.3, -0.25) is 0 Å². The minimum atomic E-state index is -0.430. The number of aromatic nitrogens is 4. The van der Waals surface area contributed by atoms with Crippen LogP contribution in [0.1, 0.15) is 5.56 Å². The van der Waals surface area contributed by atoms with E-state index >= 15 is 0 Å². The van der Waals surface area contributed by atoms with Crippen LogP contribution in [0.2, 0.25) is 0 Å². The molecule has 0 fully saturated rings. The van der Waals surface area contributed by atoms with Crippen molar-refractivity contribution in [1.29, 1.82) is 0 Å². The average Bonchev–Trinajstić information content (AvgIpc) is 2.92. The highest BCUT2D eigenvalue weighted by Gasteiger charge is 2.15. The van der Waals surface area contributed by atoms with Crippen molar-refractivity contribution < 1.29 is 8.91 Å². The molecule has 20 heavy (non-hydrogen) atoms. The van der Waals surface area contributed by atoms with E-state index in [9.17, 15) is 4.39 Å². The molecule has 0 aliphatic carbocycles. The molecule has 0 radical (unpaired) electrons. The van der Waals surface area contributed by atoms with Gasteiger partial charge in [0.25, 0.3) is 5.89 Å². The summed E-state index contributed by atoms with van der Waals surface area (Å²) in [5.41, 5.74) is 7.38. The van der Waals surface area contributed by atoms with E-state index in [1.165, 1.54) is 18.2 Å². The summed E-state index contributed by atoms with van der Waals surface area (Å²) in [5.74, 6) is 0.256. The highest BCUT2D eigenvalue weighted by Crippen LogP contribution is 2.26. The number of rotatable bonds is 2. The van der Waals surface area contributed by atoms with Crippen LogP contribution in [0.4, 0.5) is 10.1 Å². The fraction of sp³-hybridized carbons (Fsp3) is 0.0769. The Bertz CT molecular complexity index is 754. The van der Waals surface area contributed by atoms with Crippen LogP contribution < -0.4 is 5.73 Å². The zero-order valence-electron chi connectivity index (χ0n) is 10.5. The summed E-state index contributed by atoms with van der Waals surface area (Å²) < 4.78 is 18.3. The maximum atomic E-state index is 13.2. The van der Waals surface area contributed by atoms with Gasteiger partial charge in [0.05, 0.1) is 5.56 Å². The fourth-order valence-corrected chi connectivity index (χ4v) is 1.65. The maximum absolute atomic E-state index is 13.2. The highest BCUT2D eigenvalue weighted by molar-refractivity contribution is 5.70. The third-order valence-corrected chi connectivity index (χ3v) is 2.65. The van der Waals surface area contributed by atoms with Crippen molar-refractivity contribution in [2.75, 3.05) is 5.73 Å². The second-order valence-corrected chi connectivity index (χ2v) is 4.24. The van der Waals surface area contributed by atoms with E-state index in [4.69, 9.17) is 10.3 Å². The maximum Gasteiger partial charge on any atom is 0.260 e. The molecule has 0 amide bonds. The Morgan fingerprint density at radius 1 is 1.15 bits per heavy atom. The Hall–Kier alpha value is -2.83. The van der Waals surface area contributed by atoms with Crippen molar-refractivity contribution in [2.45, 2.75) is 6.92 Å². The van der Waals surface area contributed by atoms with Crippen LogP contribution in [0.3, 0.4) is 0 Å². The van der Waals surface area contributed by atoms with Crippen molar-refractivity contribution in [2.24, 2.45) is 0 Å². The van der Waals surface area contributed by atoms with Crippen molar-refractivity contribution in [3.63, 3.8) is 0 Å². The molecule has 6 nitrogen and oxygen atoms in total. The molecule has 0 atom stereocenters. The predicted octanol–water partition coefficient (Wildman–Crippen LogP) is 2.22. The first-order valence-corrected chi connectivity index (χ1v) is 5.81. The summed E-state index contributed by atoms with van der Waals surface area (Å²) in [6, 6.07) is 3.94. The van der Waals surface area contributed by atoms with Gasteiger partial charge in [-0.25, -0.2) is 14.4 Å². The Labute approximate surface area is 113 Å². The molecule has 2 N–H and O–H groups in total. The van der Waals surface area contributed by atoms with E-state index < -0.39 is 5.82 Å². The van der Waals surface area contributed by atoms with Crippen molar-refractivity contribution in [3.05, 3.63) is 42.0 Å². The van der Waals surface area contributed by atoms with Gasteiger partial charge < -0.3 is 10.3 Å². The predicted molar refractivity (Wildman–Crippen MR) is 69.9 cm³/mol. The van der Waals surface area contributed by atoms with Crippen LogP contribution in [0.5, 0.6) is 0 Å². The number of nitrogen functional groups attached to an aromatic ring is 1. The molecule has 2 aromatic heterocycles. The van der Waals surface area contributed by atoms with E-state index in [1.54, 1.807) is 12.4 Å². The number of hydrogen-bond donors (Lipinski definition) is 1. The van der Waals surface area contributed by atoms with Crippen LogP contribution in [0.15, 0.2) is 35.1 Å². The molecule has 0 unspecified atom stereocenters. The first-order chi connectivity index (χ1) is 9.63. The van der Waals surface area contributed by atoms with Crippen molar-refractivity contribution in [3.8, 4) is 23.1 Å². The van der Waals surface area contributed by atoms with E-state index in [0.29, 0.717) is 17.1 Å². The SMILES string of the molecule is Cc1cnc(-c2noc(-c3cc(F)ccc3N)n2)nc1. The number of nitrogens with two attached hydrogens (primary N) is 1. The standard InChI is InChI=1S/C13H10FN5O/c1-7-5-16-11(17-6-7)12-18-13(20-19-12)9-4-8(14)2-3-10(9)15/h2-6H,15H2,1H3. The largest absolute Gasteiger partial charge is 0.398 e. The van der Waals surface area contributed by atoms with E-state index in [0.717, 1.165) is 5.56 Å². The van der Waals surface area contributed by atoms with Gasteiger partial charge in [0.1, 0.15) is 5.82 Å². The summed E-state index contributed by atoms with van der Waals surface area (Å²) in [5, 5.41) is 3.77. The molecule has 0 bridgehead atoms. The zero-order valence-corrected chi connectivity index (χ0v) is 10.5. The number of halogens is 1. The van der Waals surface area contributed by atoms with Gasteiger partial charge in [0.15, 0.2) is 0 Å². The Kier molecular flexibility index (Phi) is 2.86. The van der Waals surface area contributed by atoms with Crippen LogP contribution in [0.25, 0.3) is 23.1 Å².